The highest BCUT2D eigenvalue weighted by Gasteiger charge is 2.33. The van der Waals surface area contributed by atoms with E-state index in [0.717, 1.165) is 18.4 Å². The van der Waals surface area contributed by atoms with Crippen molar-refractivity contribution in [1.82, 2.24) is 10.1 Å². The Morgan fingerprint density at radius 1 is 1.33 bits per heavy atom. The molecule has 0 aromatic carbocycles. The summed E-state index contributed by atoms with van der Waals surface area (Å²) in [4.78, 5) is 4.45. The maximum absolute atomic E-state index is 5.87. The Balaban J connectivity index is 2.39. The molecule has 0 fully saturated rings. The number of nitrogens with zero attached hydrogens (tertiary/aromatic N) is 2. The average molecular weight is 249 g/mol. The molecular formula is C13H19N3O2. The van der Waals surface area contributed by atoms with Crippen molar-refractivity contribution >= 4 is 0 Å². The van der Waals surface area contributed by atoms with Crippen molar-refractivity contribution in [1.29, 1.82) is 0 Å². The summed E-state index contributed by atoms with van der Waals surface area (Å²) in [6.07, 6.45) is 3.37. The molecule has 98 valence electrons. The molecule has 0 atom stereocenters. The molecule has 0 saturated heterocycles. The number of nitrogens with two attached hydrogens (primary N) is 1. The molecule has 0 spiro atoms. The first-order valence-electron chi connectivity index (χ1n) is 6.25. The van der Waals surface area contributed by atoms with Crippen LogP contribution in [0.5, 0.6) is 0 Å². The van der Waals surface area contributed by atoms with Crippen LogP contribution in [0.3, 0.4) is 0 Å². The summed E-state index contributed by atoms with van der Waals surface area (Å²) in [6, 6.07) is 1.88. The van der Waals surface area contributed by atoms with E-state index in [-0.39, 0.29) is 5.41 Å². The molecule has 0 aliphatic rings. The van der Waals surface area contributed by atoms with E-state index in [2.05, 4.69) is 24.0 Å². The van der Waals surface area contributed by atoms with Gasteiger partial charge < -0.3 is 14.7 Å². The molecule has 0 aliphatic carbocycles. The predicted octanol–water partition coefficient (Wildman–Crippen LogP) is 2.65. The second kappa shape index (κ2) is 4.94. The molecule has 2 N–H and O–H groups in total. The van der Waals surface area contributed by atoms with Crippen LogP contribution in [0.2, 0.25) is 0 Å². The minimum Gasteiger partial charge on any atom is -0.461 e. The average Bonchev–Trinajstić information content (AvgIpc) is 3.01. The molecule has 5 nitrogen and oxygen atoms in total. The van der Waals surface area contributed by atoms with Gasteiger partial charge in [0.1, 0.15) is 0 Å². The number of rotatable bonds is 5. The fourth-order valence-corrected chi connectivity index (χ4v) is 2.06. The topological polar surface area (TPSA) is 78.1 Å². The molecule has 2 aromatic rings. The van der Waals surface area contributed by atoms with Gasteiger partial charge >= 0.3 is 0 Å². The van der Waals surface area contributed by atoms with Crippen molar-refractivity contribution in [3.63, 3.8) is 0 Å². The molecule has 2 aromatic heterocycles. The molecule has 18 heavy (non-hydrogen) atoms. The van der Waals surface area contributed by atoms with Crippen LogP contribution in [0.1, 0.15) is 38.1 Å². The lowest BCUT2D eigenvalue weighted by Crippen LogP contribution is -2.34. The molecule has 0 bridgehead atoms. The molecule has 0 radical (unpaired) electrons. The van der Waals surface area contributed by atoms with Crippen LogP contribution in [0.25, 0.3) is 11.6 Å². The van der Waals surface area contributed by atoms with E-state index in [4.69, 9.17) is 14.7 Å². The minimum absolute atomic E-state index is 0.230. The summed E-state index contributed by atoms with van der Waals surface area (Å²) in [6.45, 7) is 6.61. The van der Waals surface area contributed by atoms with Crippen molar-refractivity contribution < 1.29 is 8.94 Å². The van der Waals surface area contributed by atoms with Crippen molar-refractivity contribution in [3.05, 3.63) is 23.8 Å². The van der Waals surface area contributed by atoms with Gasteiger partial charge in [0.15, 0.2) is 5.76 Å². The normalized spacial score (nSPS) is 12.0. The first-order chi connectivity index (χ1) is 8.66. The summed E-state index contributed by atoms with van der Waals surface area (Å²) in [5, 5.41) is 3.99. The predicted molar refractivity (Wildman–Crippen MR) is 68.1 cm³/mol. The van der Waals surface area contributed by atoms with Gasteiger partial charge in [0.25, 0.3) is 0 Å². The molecular weight excluding hydrogens is 230 g/mol. The zero-order valence-corrected chi connectivity index (χ0v) is 11.1. The van der Waals surface area contributed by atoms with Gasteiger partial charge in [-0.2, -0.15) is 4.98 Å². The SMILES string of the molecule is CCC(CC)(CN)c1nc(-c2occc2C)no1. The van der Waals surface area contributed by atoms with Gasteiger partial charge in [-0.3, -0.25) is 0 Å². The van der Waals surface area contributed by atoms with Crippen LogP contribution < -0.4 is 5.73 Å². The van der Waals surface area contributed by atoms with Gasteiger partial charge in [0.05, 0.1) is 11.7 Å². The summed E-state index contributed by atoms with van der Waals surface area (Å²) >= 11 is 0. The Kier molecular flexibility index (Phi) is 3.52. The van der Waals surface area contributed by atoms with Crippen molar-refractivity contribution in [2.75, 3.05) is 6.54 Å². The third-order valence-corrected chi connectivity index (χ3v) is 3.69. The third-order valence-electron chi connectivity index (χ3n) is 3.69. The summed E-state index contributed by atoms with van der Waals surface area (Å²) < 4.78 is 10.7. The quantitative estimate of drug-likeness (QED) is 0.881. The Morgan fingerprint density at radius 2 is 2.06 bits per heavy atom. The molecule has 0 unspecified atom stereocenters. The van der Waals surface area contributed by atoms with Crippen LogP contribution in [0, 0.1) is 6.92 Å². The number of aryl methyl sites for hydroxylation is 1. The van der Waals surface area contributed by atoms with E-state index >= 15 is 0 Å². The van der Waals surface area contributed by atoms with Gasteiger partial charge in [0, 0.05) is 6.54 Å². The first kappa shape index (κ1) is 12.8. The lowest BCUT2D eigenvalue weighted by atomic mass is 9.82. The molecule has 5 heteroatoms. The van der Waals surface area contributed by atoms with E-state index in [1.165, 1.54) is 0 Å². The van der Waals surface area contributed by atoms with E-state index in [9.17, 15) is 0 Å². The Morgan fingerprint density at radius 3 is 2.56 bits per heavy atom. The zero-order valence-electron chi connectivity index (χ0n) is 11.1. The minimum atomic E-state index is -0.230. The third kappa shape index (κ3) is 1.95. The van der Waals surface area contributed by atoms with Crippen LogP contribution in [-0.2, 0) is 5.41 Å². The monoisotopic (exact) mass is 249 g/mol. The molecule has 2 rings (SSSR count). The Bertz CT molecular complexity index is 504. The maximum atomic E-state index is 5.87. The van der Waals surface area contributed by atoms with E-state index in [1.54, 1.807) is 6.26 Å². The fraction of sp³-hybridized carbons (Fsp3) is 0.538. The van der Waals surface area contributed by atoms with Gasteiger partial charge in [-0.1, -0.05) is 19.0 Å². The molecule has 0 aliphatic heterocycles. The largest absolute Gasteiger partial charge is 0.461 e. The van der Waals surface area contributed by atoms with Gasteiger partial charge in [-0.25, -0.2) is 0 Å². The zero-order chi connectivity index (χ0) is 13.2. The molecule has 2 heterocycles. The van der Waals surface area contributed by atoms with Crippen molar-refractivity contribution in [2.24, 2.45) is 5.73 Å². The number of furan rings is 1. The second-order valence-electron chi connectivity index (χ2n) is 4.55. The van der Waals surface area contributed by atoms with Gasteiger partial charge in [-0.05, 0) is 31.4 Å². The lowest BCUT2D eigenvalue weighted by molar-refractivity contribution is 0.267. The summed E-state index contributed by atoms with van der Waals surface area (Å²) in [5.41, 5.74) is 6.63. The Hall–Kier alpha value is -1.62. The summed E-state index contributed by atoms with van der Waals surface area (Å²) in [7, 11) is 0. The smallest absolute Gasteiger partial charge is 0.238 e. The number of aromatic nitrogens is 2. The molecule has 0 amide bonds. The fourth-order valence-electron chi connectivity index (χ4n) is 2.06. The van der Waals surface area contributed by atoms with E-state index in [0.29, 0.717) is 24.0 Å². The highest BCUT2D eigenvalue weighted by molar-refractivity contribution is 5.51. The van der Waals surface area contributed by atoms with Crippen LogP contribution in [0.15, 0.2) is 21.3 Å². The van der Waals surface area contributed by atoms with Gasteiger partial charge in [-0.15, -0.1) is 0 Å². The number of hydrogen-bond donors (Lipinski definition) is 1. The van der Waals surface area contributed by atoms with Gasteiger partial charge in [0.2, 0.25) is 11.7 Å². The van der Waals surface area contributed by atoms with Crippen LogP contribution >= 0.6 is 0 Å². The number of hydrogen-bond acceptors (Lipinski definition) is 5. The van der Waals surface area contributed by atoms with Crippen LogP contribution in [0.4, 0.5) is 0 Å². The Labute approximate surface area is 106 Å². The highest BCUT2D eigenvalue weighted by atomic mass is 16.5. The van der Waals surface area contributed by atoms with Crippen LogP contribution in [-0.4, -0.2) is 16.7 Å². The first-order valence-corrected chi connectivity index (χ1v) is 6.25. The van der Waals surface area contributed by atoms with Crippen molar-refractivity contribution in [3.8, 4) is 11.6 Å². The highest BCUT2D eigenvalue weighted by Crippen LogP contribution is 2.31. The standard InChI is InChI=1S/C13H19N3O2/c1-4-13(5-2,8-14)12-15-11(16-18-12)10-9(3)6-7-17-10/h6-7H,4-5,8,14H2,1-3H3. The maximum Gasteiger partial charge on any atom is 0.238 e. The summed E-state index contributed by atoms with van der Waals surface area (Å²) in [5.74, 6) is 1.75. The van der Waals surface area contributed by atoms with E-state index in [1.807, 2.05) is 13.0 Å². The van der Waals surface area contributed by atoms with E-state index < -0.39 is 0 Å². The molecule has 0 saturated carbocycles. The lowest BCUT2D eigenvalue weighted by Gasteiger charge is -2.24. The second-order valence-corrected chi connectivity index (χ2v) is 4.55. The van der Waals surface area contributed by atoms with Crippen molar-refractivity contribution in [2.45, 2.75) is 39.0 Å².